The van der Waals surface area contributed by atoms with Crippen LogP contribution in [0.3, 0.4) is 0 Å². The Morgan fingerprint density at radius 1 is 1.04 bits per heavy atom. The molecule has 0 aromatic heterocycles. The molecule has 0 saturated heterocycles. The Balaban J connectivity index is 1.22. The van der Waals surface area contributed by atoms with Crippen LogP contribution in [-0.2, 0) is 23.5 Å². The van der Waals surface area contributed by atoms with Crippen LogP contribution in [-0.4, -0.2) is 113 Å². The lowest BCUT2D eigenvalue weighted by molar-refractivity contribution is -0.124. The Morgan fingerprint density at radius 2 is 1.76 bits per heavy atom. The van der Waals surface area contributed by atoms with Crippen molar-refractivity contribution in [1.29, 1.82) is 0 Å². The van der Waals surface area contributed by atoms with E-state index in [1.807, 2.05) is 0 Å². The van der Waals surface area contributed by atoms with Gasteiger partial charge in [-0.15, -0.1) is 0 Å². The van der Waals surface area contributed by atoms with E-state index in [4.69, 9.17) is 14.2 Å². The average molecular weight is 734 g/mol. The Morgan fingerprint density at radius 3 is 2.43 bits per heavy atom. The van der Waals surface area contributed by atoms with Gasteiger partial charge in [0.15, 0.2) is 12.4 Å². The maximum atomic E-state index is 13.2. The summed E-state index contributed by atoms with van der Waals surface area (Å²) in [4.78, 5) is 65.1. The van der Waals surface area contributed by atoms with Crippen molar-refractivity contribution in [2.24, 2.45) is 0 Å². The number of amides is 2. The summed E-state index contributed by atoms with van der Waals surface area (Å²) < 4.78 is 53.1. The van der Waals surface area contributed by atoms with Crippen LogP contribution in [0.1, 0.15) is 41.1 Å². The average Bonchev–Trinajstić information content (AvgIpc) is 3.03. The lowest BCUT2D eigenvalue weighted by atomic mass is 9.89. The van der Waals surface area contributed by atoms with Crippen LogP contribution in [0.2, 0.25) is 0 Å². The third-order valence-corrected chi connectivity index (χ3v) is 12.1. The summed E-state index contributed by atoms with van der Waals surface area (Å²) in [6.45, 7) is 0.743. The molecule has 2 aromatic rings. The summed E-state index contributed by atoms with van der Waals surface area (Å²) >= 11 is 0. The molecule has 0 aliphatic carbocycles. The number of rotatable bonds is 20. The summed E-state index contributed by atoms with van der Waals surface area (Å²) in [5.41, 5.74) is 1.01. The Bertz CT molecular complexity index is 1510. The molecule has 19 heteroatoms. The van der Waals surface area contributed by atoms with E-state index in [0.29, 0.717) is 29.3 Å². The van der Waals surface area contributed by atoms with Crippen LogP contribution >= 0.6 is 15.0 Å². The number of carbonyl (C=O) groups is 3. The van der Waals surface area contributed by atoms with Crippen LogP contribution in [0, 0.1) is 5.82 Å². The fourth-order valence-corrected chi connectivity index (χ4v) is 7.69. The Kier molecular flexibility index (Phi) is 14.9. The van der Waals surface area contributed by atoms with E-state index >= 15 is 0 Å². The second kappa shape index (κ2) is 18.1. The van der Waals surface area contributed by atoms with Gasteiger partial charge in [0.2, 0.25) is 18.4 Å². The minimum atomic E-state index is -5.28. The number of ketones is 1. The number of hydrogen-bond donors (Lipinski definition) is 8. The molecule has 1 heterocycles. The van der Waals surface area contributed by atoms with Gasteiger partial charge < -0.3 is 55.1 Å². The standard InChI is InChI=1S/C30H42FN3O13P2/c1-48(40,41)30(39,49(42,43)44)10-2-11-32-16-22(35)17-34-27(36)9-13-45-14-12-33-28(37)19-46-23-7-8-24-26(15-23)47-18-25(29(24)38)20-3-5-21(31)6-4-20/h3-8,15,22,25,32,35,39H,2,9-14,16-19H2,1H3,(H,33,37)(H,34,36)(H,40,41)(H2,42,43,44). The molecule has 0 bridgehead atoms. The number of fused-ring (bicyclic) bond motifs is 1. The van der Waals surface area contributed by atoms with Gasteiger partial charge in [-0.25, -0.2) is 4.39 Å². The fraction of sp³-hybridized carbons (Fsp3) is 0.500. The normalized spacial score (nSPS) is 17.5. The van der Waals surface area contributed by atoms with Crippen molar-refractivity contribution >= 4 is 32.6 Å². The Labute approximate surface area is 282 Å². The second-order valence-corrected chi connectivity index (χ2v) is 16.1. The number of nitrogens with one attached hydrogen (secondary N) is 3. The summed E-state index contributed by atoms with van der Waals surface area (Å²) in [7, 11) is -9.81. The highest BCUT2D eigenvalue weighted by Crippen LogP contribution is 2.69. The van der Waals surface area contributed by atoms with Gasteiger partial charge in [0.05, 0.1) is 30.8 Å². The van der Waals surface area contributed by atoms with Gasteiger partial charge in [-0.2, -0.15) is 0 Å². The number of Topliss-reactive ketones (excluding diaryl/α,β-unsaturated/α-hetero) is 1. The molecule has 1 aliphatic heterocycles. The first kappa shape index (κ1) is 40.2. The zero-order valence-corrected chi connectivity index (χ0v) is 28.5. The molecule has 1 aliphatic rings. The molecule has 0 radical (unpaired) electrons. The molecule has 2 aromatic carbocycles. The van der Waals surface area contributed by atoms with Gasteiger partial charge in [0, 0.05) is 38.8 Å². The van der Waals surface area contributed by atoms with Crippen LogP contribution < -0.4 is 25.4 Å². The van der Waals surface area contributed by atoms with Gasteiger partial charge >= 0.3 is 7.60 Å². The molecule has 2 amide bonds. The molecule has 0 saturated carbocycles. The van der Waals surface area contributed by atoms with E-state index < -0.39 is 56.1 Å². The number of ether oxygens (including phenoxy) is 3. The first-order valence-corrected chi connectivity index (χ1v) is 19.0. The molecule has 3 rings (SSSR count). The highest BCUT2D eigenvalue weighted by atomic mass is 31.2. The van der Waals surface area contributed by atoms with E-state index in [-0.39, 0.29) is 71.2 Å². The van der Waals surface area contributed by atoms with Gasteiger partial charge in [-0.3, -0.25) is 23.5 Å². The minimum absolute atomic E-state index is 0.00333. The van der Waals surface area contributed by atoms with Crippen molar-refractivity contribution in [3.05, 3.63) is 59.4 Å². The van der Waals surface area contributed by atoms with Gasteiger partial charge in [0.1, 0.15) is 23.9 Å². The van der Waals surface area contributed by atoms with E-state index in [0.717, 1.165) is 0 Å². The minimum Gasteiger partial charge on any atom is -0.492 e. The smallest absolute Gasteiger partial charge is 0.366 e. The zero-order valence-electron chi connectivity index (χ0n) is 26.7. The fourth-order valence-electron chi connectivity index (χ4n) is 4.73. The summed E-state index contributed by atoms with van der Waals surface area (Å²) in [5.74, 6) is -1.28. The van der Waals surface area contributed by atoms with Crippen LogP contribution in [0.5, 0.6) is 11.5 Å². The maximum absolute atomic E-state index is 13.2. The molecule has 0 fully saturated rings. The molecule has 272 valence electrons. The number of hydrogen-bond acceptors (Lipinski definition) is 11. The van der Waals surface area contributed by atoms with Crippen LogP contribution in [0.4, 0.5) is 4.39 Å². The highest BCUT2D eigenvalue weighted by molar-refractivity contribution is 7.74. The third kappa shape index (κ3) is 11.9. The molecule has 49 heavy (non-hydrogen) atoms. The third-order valence-electron chi connectivity index (χ3n) is 7.54. The highest BCUT2D eigenvalue weighted by Gasteiger charge is 2.56. The topological polar surface area (TPSA) is 250 Å². The van der Waals surface area contributed by atoms with E-state index in [9.17, 15) is 52.8 Å². The summed E-state index contributed by atoms with van der Waals surface area (Å²) in [5, 5.41) is 24.9. The SMILES string of the molecule is CP(=O)(O)C(O)(CCCNCC(O)CNC(=O)CCOCCNC(=O)COc1ccc2c(c1)OCC(c1ccc(F)cc1)C2=O)P(=O)(O)O. The van der Waals surface area contributed by atoms with Gasteiger partial charge in [-0.05, 0) is 49.2 Å². The lowest BCUT2D eigenvalue weighted by Gasteiger charge is -2.30. The zero-order chi connectivity index (χ0) is 36.2. The van der Waals surface area contributed by atoms with Crippen molar-refractivity contribution in [3.63, 3.8) is 0 Å². The molecular weight excluding hydrogens is 691 g/mol. The number of aliphatic hydroxyl groups excluding tert-OH is 1. The van der Waals surface area contributed by atoms with Crippen molar-refractivity contribution in [3.8, 4) is 11.5 Å². The largest absolute Gasteiger partial charge is 0.492 e. The maximum Gasteiger partial charge on any atom is 0.366 e. The van der Waals surface area contributed by atoms with Crippen molar-refractivity contribution in [2.75, 3.05) is 59.3 Å². The molecule has 8 N–H and O–H groups in total. The molecule has 4 unspecified atom stereocenters. The first-order valence-electron chi connectivity index (χ1n) is 15.3. The summed E-state index contributed by atoms with van der Waals surface area (Å²) in [6.07, 6.45) is -1.73. The predicted octanol–water partition coefficient (Wildman–Crippen LogP) is 0.657. The van der Waals surface area contributed by atoms with Gasteiger partial charge in [-0.1, -0.05) is 12.1 Å². The molecular formula is C30H42FN3O13P2. The Hall–Kier alpha value is -3.24. The molecule has 0 spiro atoms. The second-order valence-electron chi connectivity index (χ2n) is 11.4. The first-order chi connectivity index (χ1) is 23.0. The van der Waals surface area contributed by atoms with Crippen molar-refractivity contribution in [2.45, 2.75) is 36.4 Å². The molecule has 4 atom stereocenters. The van der Waals surface area contributed by atoms with Crippen LogP contribution in [0.15, 0.2) is 42.5 Å². The number of carbonyl (C=O) groups excluding carboxylic acids is 3. The predicted molar refractivity (Wildman–Crippen MR) is 173 cm³/mol. The monoisotopic (exact) mass is 733 g/mol. The van der Waals surface area contributed by atoms with E-state index in [1.165, 1.54) is 18.2 Å². The number of aliphatic hydroxyl groups is 2. The summed E-state index contributed by atoms with van der Waals surface area (Å²) in [6, 6.07) is 10.3. The van der Waals surface area contributed by atoms with Crippen molar-refractivity contribution < 1.29 is 67.0 Å². The van der Waals surface area contributed by atoms with Crippen molar-refractivity contribution in [1.82, 2.24) is 16.0 Å². The van der Waals surface area contributed by atoms with E-state index in [2.05, 4.69) is 16.0 Å². The van der Waals surface area contributed by atoms with E-state index in [1.54, 1.807) is 24.3 Å². The lowest BCUT2D eigenvalue weighted by Crippen LogP contribution is -2.39. The van der Waals surface area contributed by atoms with Gasteiger partial charge in [0.25, 0.3) is 5.91 Å². The number of halogens is 1. The number of benzene rings is 2. The molecule has 16 nitrogen and oxygen atoms in total. The quantitative estimate of drug-likeness (QED) is 0.0688. The van der Waals surface area contributed by atoms with Crippen LogP contribution in [0.25, 0.3) is 0 Å².